The van der Waals surface area contributed by atoms with Crippen LogP contribution in [0.3, 0.4) is 0 Å². The molecule has 5 fully saturated rings. The smallest absolute Gasteiger partial charge is 0.331 e. The lowest BCUT2D eigenvalue weighted by molar-refractivity contribution is -0.313. The highest BCUT2D eigenvalue weighted by Crippen LogP contribution is 2.70. The number of aliphatic hydroxyl groups excluding tert-OH is 2. The Morgan fingerprint density at radius 2 is 1.79 bits per heavy atom. The van der Waals surface area contributed by atoms with Crippen LogP contribution in [-0.4, -0.2) is 77.4 Å². The van der Waals surface area contributed by atoms with Crippen LogP contribution in [-0.2, 0) is 23.7 Å². The summed E-state index contributed by atoms with van der Waals surface area (Å²) < 4.78 is 22.8. The molecule has 8 heteroatoms. The van der Waals surface area contributed by atoms with E-state index in [1.165, 1.54) is 7.11 Å². The molecule has 0 spiro atoms. The minimum atomic E-state index is -1.04. The summed E-state index contributed by atoms with van der Waals surface area (Å²) >= 11 is 0. The maximum atomic E-state index is 12.4. The van der Waals surface area contributed by atoms with Crippen LogP contribution in [0, 0.1) is 34.5 Å². The first-order valence-corrected chi connectivity index (χ1v) is 14.8. The minimum Gasteiger partial charge on any atom is -0.458 e. The lowest BCUT2D eigenvalue weighted by Crippen LogP contribution is -2.62. The topological polar surface area (TPSA) is 115 Å². The molecule has 0 bridgehead atoms. The Labute approximate surface area is 226 Å². The van der Waals surface area contributed by atoms with E-state index in [9.17, 15) is 20.1 Å². The standard InChI is InChI=1S/C30H46O8/c1-16-24(32)26(35-4)25(33)27(37-16)38-19-7-10-28(2)18(14-19)5-6-22-21(28)8-11-29(3)20(9-12-30(22,29)34)17-13-23(31)36-15-17/h13,16,18-22,24-27,32-34H,5-12,14-15H2,1-4H3/t16-,18+,19+,20-,21+,22-,24+,25-,26+,27+,28+,29-,30+/m0/s1. The molecule has 214 valence electrons. The monoisotopic (exact) mass is 534 g/mol. The molecule has 1 saturated heterocycles. The normalized spacial score (nSPS) is 54.5. The summed E-state index contributed by atoms with van der Waals surface area (Å²) in [7, 11) is 1.49. The van der Waals surface area contributed by atoms with Gasteiger partial charge in [0, 0.05) is 18.6 Å². The first kappa shape index (κ1) is 27.2. The van der Waals surface area contributed by atoms with Crippen LogP contribution < -0.4 is 0 Å². The van der Waals surface area contributed by atoms with E-state index < -0.39 is 36.3 Å². The second kappa shape index (κ2) is 9.52. The van der Waals surface area contributed by atoms with Crippen molar-refractivity contribution in [3.63, 3.8) is 0 Å². The van der Waals surface area contributed by atoms with Crippen molar-refractivity contribution >= 4 is 5.97 Å². The molecule has 8 nitrogen and oxygen atoms in total. The van der Waals surface area contributed by atoms with E-state index in [1.54, 1.807) is 13.0 Å². The number of aliphatic hydroxyl groups is 3. The zero-order valence-electron chi connectivity index (χ0n) is 23.3. The fraction of sp³-hybridized carbons (Fsp3) is 0.900. The number of carbonyl (C=O) groups is 1. The number of methoxy groups -OCH3 is 1. The molecule has 4 saturated carbocycles. The van der Waals surface area contributed by atoms with E-state index in [4.69, 9.17) is 18.9 Å². The molecule has 3 N–H and O–H groups in total. The third kappa shape index (κ3) is 3.88. The van der Waals surface area contributed by atoms with Gasteiger partial charge in [-0.3, -0.25) is 0 Å². The van der Waals surface area contributed by atoms with E-state index in [1.807, 2.05) is 0 Å². The summed E-state index contributed by atoms with van der Waals surface area (Å²) in [6.07, 6.45) is 6.45. The maximum absolute atomic E-state index is 12.4. The molecule has 0 aromatic carbocycles. The van der Waals surface area contributed by atoms with Crippen molar-refractivity contribution in [1.82, 2.24) is 0 Å². The van der Waals surface area contributed by atoms with Crippen LogP contribution in [0.2, 0.25) is 0 Å². The van der Waals surface area contributed by atoms with Gasteiger partial charge in [-0.05, 0) is 99.4 Å². The number of hydrogen-bond donors (Lipinski definition) is 3. The van der Waals surface area contributed by atoms with E-state index >= 15 is 0 Å². The molecular formula is C30H46O8. The predicted molar refractivity (Wildman–Crippen MR) is 138 cm³/mol. The third-order valence-corrected chi connectivity index (χ3v) is 12.3. The summed E-state index contributed by atoms with van der Waals surface area (Å²) in [4.78, 5) is 11.8. The Kier molecular flexibility index (Phi) is 6.80. The molecule has 6 rings (SSSR count). The van der Waals surface area contributed by atoms with Crippen LogP contribution in [0.15, 0.2) is 11.6 Å². The van der Waals surface area contributed by atoms with Crippen LogP contribution in [0.25, 0.3) is 0 Å². The van der Waals surface area contributed by atoms with Gasteiger partial charge in [0.1, 0.15) is 24.9 Å². The molecule has 2 heterocycles. The minimum absolute atomic E-state index is 0.0103. The number of ether oxygens (including phenoxy) is 4. The lowest BCUT2D eigenvalue weighted by Gasteiger charge is -2.64. The van der Waals surface area contributed by atoms with Crippen LogP contribution in [0.5, 0.6) is 0 Å². The summed E-state index contributed by atoms with van der Waals surface area (Å²) in [5.41, 5.74) is 0.300. The van der Waals surface area contributed by atoms with Crippen LogP contribution >= 0.6 is 0 Å². The number of esters is 1. The van der Waals surface area contributed by atoms with Gasteiger partial charge < -0.3 is 34.3 Å². The van der Waals surface area contributed by atoms with Gasteiger partial charge >= 0.3 is 5.97 Å². The average molecular weight is 535 g/mol. The lowest BCUT2D eigenvalue weighted by atomic mass is 9.43. The summed E-state index contributed by atoms with van der Waals surface area (Å²) in [5, 5.41) is 33.5. The number of carbonyl (C=O) groups excluding carboxylic acids is 1. The molecule has 0 unspecified atom stereocenters. The van der Waals surface area contributed by atoms with Gasteiger partial charge in [0.2, 0.25) is 0 Å². The van der Waals surface area contributed by atoms with Crippen molar-refractivity contribution in [1.29, 1.82) is 0 Å². The van der Waals surface area contributed by atoms with Crippen molar-refractivity contribution < 1.29 is 39.1 Å². The van der Waals surface area contributed by atoms with Crippen molar-refractivity contribution in [3.8, 4) is 0 Å². The molecule has 4 aliphatic carbocycles. The summed E-state index contributed by atoms with van der Waals surface area (Å²) in [5.74, 6) is 1.22. The molecule has 38 heavy (non-hydrogen) atoms. The molecule has 2 aliphatic heterocycles. The fourth-order valence-corrected chi connectivity index (χ4v) is 10.1. The first-order chi connectivity index (χ1) is 18.0. The fourth-order valence-electron chi connectivity index (χ4n) is 10.1. The van der Waals surface area contributed by atoms with Crippen molar-refractivity contribution in [2.45, 2.75) is 121 Å². The largest absolute Gasteiger partial charge is 0.458 e. The van der Waals surface area contributed by atoms with Gasteiger partial charge in [-0.1, -0.05) is 13.8 Å². The Hall–Kier alpha value is -1.03. The molecular weight excluding hydrogens is 488 g/mol. The number of hydrogen-bond acceptors (Lipinski definition) is 8. The van der Waals surface area contributed by atoms with Gasteiger partial charge in [-0.2, -0.15) is 0 Å². The SMILES string of the molecule is CO[C@H]1[C@H](O)[C@@H](O[C@@H]2CC[C@]3(C)[C@H](CC[C@H]4[C@H]3CC[C@@]3(C)[C@H](C5=CC(=O)OC5)CC[C@@]43O)C2)O[C@@H](C)[C@H]1O. The van der Waals surface area contributed by atoms with Crippen LogP contribution in [0.1, 0.15) is 78.6 Å². The summed E-state index contributed by atoms with van der Waals surface area (Å²) in [6.45, 7) is 6.87. The molecule has 0 radical (unpaired) electrons. The molecule has 6 aliphatic rings. The molecule has 13 atom stereocenters. The first-order valence-electron chi connectivity index (χ1n) is 14.8. The second-order valence-electron chi connectivity index (χ2n) is 13.7. The van der Waals surface area contributed by atoms with E-state index in [0.29, 0.717) is 18.4 Å². The van der Waals surface area contributed by atoms with Gasteiger partial charge in [-0.25, -0.2) is 4.79 Å². The maximum Gasteiger partial charge on any atom is 0.331 e. The van der Waals surface area contributed by atoms with Crippen molar-refractivity contribution in [2.24, 2.45) is 34.5 Å². The quantitative estimate of drug-likeness (QED) is 0.372. The average Bonchev–Trinajstić information content (AvgIpc) is 3.43. The number of fused-ring (bicyclic) bond motifs is 5. The Bertz CT molecular complexity index is 968. The Morgan fingerprint density at radius 3 is 2.50 bits per heavy atom. The van der Waals surface area contributed by atoms with Crippen molar-refractivity contribution in [2.75, 3.05) is 13.7 Å². The zero-order valence-corrected chi connectivity index (χ0v) is 23.3. The molecule has 0 aromatic rings. The van der Waals surface area contributed by atoms with Gasteiger partial charge in [0.15, 0.2) is 6.29 Å². The van der Waals surface area contributed by atoms with Gasteiger partial charge in [0.25, 0.3) is 0 Å². The van der Waals surface area contributed by atoms with Crippen molar-refractivity contribution in [3.05, 3.63) is 11.6 Å². The molecule has 0 amide bonds. The number of rotatable bonds is 4. The Morgan fingerprint density at radius 1 is 1.00 bits per heavy atom. The number of cyclic esters (lactones) is 1. The highest BCUT2D eigenvalue weighted by Gasteiger charge is 2.67. The van der Waals surface area contributed by atoms with E-state index in [2.05, 4.69) is 13.8 Å². The van der Waals surface area contributed by atoms with Gasteiger partial charge in [-0.15, -0.1) is 0 Å². The highest BCUT2D eigenvalue weighted by molar-refractivity contribution is 5.85. The Balaban J connectivity index is 1.16. The van der Waals surface area contributed by atoms with Crippen LogP contribution in [0.4, 0.5) is 0 Å². The van der Waals surface area contributed by atoms with E-state index in [-0.39, 0.29) is 34.7 Å². The predicted octanol–water partition coefficient (Wildman–Crippen LogP) is 3.11. The highest BCUT2D eigenvalue weighted by atomic mass is 16.7. The van der Waals surface area contributed by atoms with E-state index in [0.717, 1.165) is 63.4 Å². The summed E-state index contributed by atoms with van der Waals surface area (Å²) in [6, 6.07) is 0. The molecule has 0 aromatic heterocycles. The second-order valence-corrected chi connectivity index (χ2v) is 13.7. The zero-order chi connectivity index (χ0) is 27.0. The third-order valence-electron chi connectivity index (χ3n) is 12.3. The van der Waals surface area contributed by atoms with Gasteiger partial charge in [0.05, 0.1) is 17.8 Å².